The lowest BCUT2D eigenvalue weighted by Gasteiger charge is -2.14. The summed E-state index contributed by atoms with van der Waals surface area (Å²) in [5.41, 5.74) is 0. The normalized spacial score (nSPS) is 13.0. The molecule has 3 rings (SSSR count). The van der Waals surface area contributed by atoms with Crippen LogP contribution < -0.4 is 10.6 Å². The van der Waals surface area contributed by atoms with Gasteiger partial charge >= 0.3 is 0 Å². The molecule has 1 heterocycles. The fraction of sp³-hybridized carbons (Fsp3) is 0.250. The lowest BCUT2D eigenvalue weighted by molar-refractivity contribution is 0.184. The molecule has 0 aliphatic carbocycles. The molecule has 0 aliphatic heterocycles. The van der Waals surface area contributed by atoms with E-state index in [1.54, 1.807) is 7.05 Å². The number of aliphatic imine (C=N–C) groups is 1. The molecule has 0 bridgehead atoms. The summed E-state index contributed by atoms with van der Waals surface area (Å²) in [7, 11) is -2.20. The summed E-state index contributed by atoms with van der Waals surface area (Å²) in [6, 6.07) is 15.1. The number of nitrogens with zero attached hydrogens (tertiary/aromatic N) is 1. The Bertz CT molecular complexity index is 1090. The van der Waals surface area contributed by atoms with Crippen LogP contribution >= 0.6 is 35.3 Å². The lowest BCUT2D eigenvalue weighted by Crippen LogP contribution is -2.41. The van der Waals surface area contributed by atoms with Crippen molar-refractivity contribution in [3.05, 3.63) is 65.3 Å². The molecule has 1 unspecified atom stereocenters. The van der Waals surface area contributed by atoms with Crippen LogP contribution in [0.15, 0.2) is 64.5 Å². The SMILES string of the molecule is CN=C(NCCS(=O)(=O)c1ccccc1F)NCC(O)c1cc2ccccc2s1.I. The third-order valence-corrected chi connectivity index (χ3v) is 7.25. The van der Waals surface area contributed by atoms with Gasteiger partial charge < -0.3 is 15.7 Å². The average Bonchev–Trinajstić information content (AvgIpc) is 3.15. The Kier molecular flexibility index (Phi) is 9.01. The zero-order valence-electron chi connectivity index (χ0n) is 16.2. The van der Waals surface area contributed by atoms with Gasteiger partial charge in [0, 0.05) is 29.7 Å². The molecule has 0 spiro atoms. The Hall–Kier alpha value is -1.76. The van der Waals surface area contributed by atoms with Crippen molar-refractivity contribution in [2.24, 2.45) is 4.99 Å². The molecule has 162 valence electrons. The van der Waals surface area contributed by atoms with E-state index in [1.807, 2.05) is 30.3 Å². The van der Waals surface area contributed by atoms with E-state index in [1.165, 1.54) is 29.5 Å². The monoisotopic (exact) mass is 563 g/mol. The molecule has 0 fully saturated rings. The van der Waals surface area contributed by atoms with Crippen LogP contribution in [0, 0.1) is 5.82 Å². The van der Waals surface area contributed by atoms with Crippen molar-refractivity contribution in [2.45, 2.75) is 11.0 Å². The second kappa shape index (κ2) is 11.0. The van der Waals surface area contributed by atoms with E-state index in [0.717, 1.165) is 21.0 Å². The third-order valence-electron chi connectivity index (χ3n) is 4.29. The van der Waals surface area contributed by atoms with Crippen molar-refractivity contribution in [3.63, 3.8) is 0 Å². The molecule has 3 aromatic rings. The Morgan fingerprint density at radius 2 is 1.87 bits per heavy atom. The molecule has 0 saturated carbocycles. The number of nitrogens with one attached hydrogen (secondary N) is 2. The Balaban J connectivity index is 0.00000320. The van der Waals surface area contributed by atoms with Gasteiger partial charge in [-0.3, -0.25) is 4.99 Å². The fourth-order valence-corrected chi connectivity index (χ4v) is 5.08. The Morgan fingerprint density at radius 1 is 1.17 bits per heavy atom. The Labute approximate surface area is 196 Å². The van der Waals surface area contributed by atoms with E-state index in [9.17, 15) is 17.9 Å². The number of fused-ring (bicyclic) bond motifs is 1. The van der Waals surface area contributed by atoms with Gasteiger partial charge in [0.2, 0.25) is 0 Å². The van der Waals surface area contributed by atoms with Gasteiger partial charge in [0.15, 0.2) is 15.8 Å². The van der Waals surface area contributed by atoms with Gasteiger partial charge in [0.05, 0.1) is 5.75 Å². The summed E-state index contributed by atoms with van der Waals surface area (Å²) < 4.78 is 39.4. The molecule has 6 nitrogen and oxygen atoms in total. The highest BCUT2D eigenvalue weighted by molar-refractivity contribution is 14.0. The van der Waals surface area contributed by atoms with Crippen molar-refractivity contribution in [1.29, 1.82) is 0 Å². The number of sulfone groups is 1. The molecule has 1 atom stereocenters. The molecule has 2 aromatic carbocycles. The van der Waals surface area contributed by atoms with Gasteiger partial charge in [-0.25, -0.2) is 12.8 Å². The molecular weight excluding hydrogens is 540 g/mol. The van der Waals surface area contributed by atoms with Crippen LogP contribution in [0.4, 0.5) is 4.39 Å². The van der Waals surface area contributed by atoms with E-state index < -0.39 is 21.8 Å². The van der Waals surface area contributed by atoms with Crippen LogP contribution in [0.3, 0.4) is 0 Å². The minimum atomic E-state index is -3.75. The number of hydrogen-bond donors (Lipinski definition) is 3. The number of rotatable bonds is 7. The maximum Gasteiger partial charge on any atom is 0.191 e. The van der Waals surface area contributed by atoms with Crippen LogP contribution in [-0.4, -0.2) is 45.4 Å². The quantitative estimate of drug-likeness (QED) is 0.233. The molecule has 10 heteroatoms. The fourth-order valence-electron chi connectivity index (χ4n) is 2.79. The van der Waals surface area contributed by atoms with Crippen LogP contribution in [0.2, 0.25) is 0 Å². The first-order valence-electron chi connectivity index (χ1n) is 8.99. The summed E-state index contributed by atoms with van der Waals surface area (Å²) in [5, 5.41) is 17.4. The van der Waals surface area contributed by atoms with Gasteiger partial charge in [0.1, 0.15) is 16.8 Å². The molecule has 0 amide bonds. The van der Waals surface area contributed by atoms with Crippen LogP contribution in [0.25, 0.3) is 10.1 Å². The summed E-state index contributed by atoms with van der Waals surface area (Å²) in [4.78, 5) is 4.54. The first-order valence-corrected chi connectivity index (χ1v) is 11.5. The van der Waals surface area contributed by atoms with E-state index in [4.69, 9.17) is 0 Å². The zero-order valence-corrected chi connectivity index (χ0v) is 20.2. The topological polar surface area (TPSA) is 90.8 Å². The molecule has 0 saturated heterocycles. The van der Waals surface area contributed by atoms with Crippen LogP contribution in [0.1, 0.15) is 11.0 Å². The van der Waals surface area contributed by atoms with Crippen LogP contribution in [0.5, 0.6) is 0 Å². The van der Waals surface area contributed by atoms with E-state index in [2.05, 4.69) is 15.6 Å². The maximum atomic E-state index is 13.7. The first kappa shape index (κ1) is 24.5. The van der Waals surface area contributed by atoms with Crippen LogP contribution in [-0.2, 0) is 9.84 Å². The average molecular weight is 563 g/mol. The second-order valence-corrected chi connectivity index (χ2v) is 9.52. The number of guanidine groups is 1. The molecule has 0 radical (unpaired) electrons. The first-order chi connectivity index (χ1) is 13.9. The number of aliphatic hydroxyl groups is 1. The number of thiophene rings is 1. The van der Waals surface area contributed by atoms with E-state index in [-0.39, 0.29) is 47.7 Å². The molecule has 3 N–H and O–H groups in total. The highest BCUT2D eigenvalue weighted by Gasteiger charge is 2.18. The standard InChI is InChI=1S/C20H22FN3O3S2.HI/c1-22-20(23-10-11-29(26,27)19-9-5-3-7-15(19)21)24-13-16(25)18-12-14-6-2-4-8-17(14)28-18;/h2-9,12,16,25H,10-11,13H2,1H3,(H2,22,23,24);1H. The number of halogens is 2. The predicted molar refractivity (Wildman–Crippen MR) is 130 cm³/mol. The highest BCUT2D eigenvalue weighted by atomic mass is 127. The largest absolute Gasteiger partial charge is 0.386 e. The van der Waals surface area contributed by atoms with Crippen molar-refractivity contribution in [1.82, 2.24) is 10.6 Å². The molecule has 30 heavy (non-hydrogen) atoms. The minimum Gasteiger partial charge on any atom is -0.386 e. The summed E-state index contributed by atoms with van der Waals surface area (Å²) in [6.07, 6.45) is -0.729. The van der Waals surface area contributed by atoms with Gasteiger partial charge in [0.25, 0.3) is 0 Å². The number of benzene rings is 2. The molecular formula is C20H23FIN3O3S2. The van der Waals surface area contributed by atoms with Gasteiger partial charge in [-0.2, -0.15) is 0 Å². The summed E-state index contributed by atoms with van der Waals surface area (Å²) in [5.74, 6) is -0.691. The molecule has 1 aromatic heterocycles. The van der Waals surface area contributed by atoms with Gasteiger partial charge in [-0.1, -0.05) is 30.3 Å². The summed E-state index contributed by atoms with van der Waals surface area (Å²) in [6.45, 7) is 0.266. The van der Waals surface area contributed by atoms with E-state index >= 15 is 0 Å². The smallest absolute Gasteiger partial charge is 0.191 e. The van der Waals surface area contributed by atoms with Gasteiger partial charge in [-0.05, 0) is 29.7 Å². The van der Waals surface area contributed by atoms with Crippen molar-refractivity contribution >= 4 is 61.2 Å². The minimum absolute atomic E-state index is 0. The number of hydrogen-bond acceptors (Lipinski definition) is 5. The Morgan fingerprint density at radius 3 is 2.57 bits per heavy atom. The highest BCUT2D eigenvalue weighted by Crippen LogP contribution is 2.29. The zero-order chi connectivity index (χ0) is 20.9. The maximum absolute atomic E-state index is 13.7. The molecule has 0 aliphatic rings. The summed E-state index contributed by atoms with van der Waals surface area (Å²) >= 11 is 1.52. The van der Waals surface area contributed by atoms with Crippen molar-refractivity contribution in [3.8, 4) is 0 Å². The third kappa shape index (κ3) is 6.13. The lowest BCUT2D eigenvalue weighted by atomic mass is 10.2. The van der Waals surface area contributed by atoms with Crippen molar-refractivity contribution in [2.75, 3.05) is 25.9 Å². The predicted octanol–water partition coefficient (Wildman–Crippen LogP) is 3.33. The second-order valence-electron chi connectivity index (χ2n) is 6.33. The van der Waals surface area contributed by atoms with E-state index in [0.29, 0.717) is 5.96 Å². The van der Waals surface area contributed by atoms with Gasteiger partial charge in [-0.15, -0.1) is 35.3 Å². The van der Waals surface area contributed by atoms with Crippen molar-refractivity contribution < 1.29 is 17.9 Å². The number of aliphatic hydroxyl groups excluding tert-OH is 1.